The number of aliphatic carboxylic acids is 1. The normalized spacial score (nSPS) is 15.4. The number of fused-ring (bicyclic) bond motifs is 1. The molecular weight excluding hydrogens is 609 g/mol. The van der Waals surface area contributed by atoms with Crippen LogP contribution in [-0.2, 0) is 40.4 Å². The molecular formula is C28H37Cl2N3O8S. The molecule has 1 amide bonds. The molecule has 2 aromatic rings. The molecule has 0 radical (unpaired) electrons. The van der Waals surface area contributed by atoms with E-state index in [1.807, 2.05) is 19.2 Å². The molecule has 0 spiro atoms. The van der Waals surface area contributed by atoms with Crippen molar-refractivity contribution in [3.05, 3.63) is 63.1 Å². The fraction of sp³-hybridized carbons (Fsp3) is 0.500. The molecule has 0 aliphatic carbocycles. The van der Waals surface area contributed by atoms with Crippen LogP contribution in [0.25, 0.3) is 0 Å². The summed E-state index contributed by atoms with van der Waals surface area (Å²) >= 11 is 12.8. The van der Waals surface area contributed by atoms with Crippen molar-refractivity contribution in [1.29, 1.82) is 0 Å². The van der Waals surface area contributed by atoms with Crippen LogP contribution in [0.1, 0.15) is 35.4 Å². The third kappa shape index (κ3) is 11.1. The summed E-state index contributed by atoms with van der Waals surface area (Å²) in [7, 11) is -1.75. The number of nitrogens with one attached hydrogen (secondary N) is 2. The molecule has 232 valence electrons. The summed E-state index contributed by atoms with van der Waals surface area (Å²) in [4.78, 5) is 24.1. The lowest BCUT2D eigenvalue weighted by Gasteiger charge is -2.33. The molecule has 1 aliphatic heterocycles. The number of sulfonamides is 1. The molecule has 0 saturated carbocycles. The summed E-state index contributed by atoms with van der Waals surface area (Å²) in [5.41, 5.74) is 2.87. The lowest BCUT2D eigenvalue weighted by atomic mass is 9.85. The van der Waals surface area contributed by atoms with Gasteiger partial charge in [0, 0.05) is 48.6 Å². The van der Waals surface area contributed by atoms with Crippen LogP contribution in [0.2, 0.25) is 10.0 Å². The van der Waals surface area contributed by atoms with Crippen molar-refractivity contribution in [2.45, 2.75) is 30.2 Å². The lowest BCUT2D eigenvalue weighted by Crippen LogP contribution is -2.31. The van der Waals surface area contributed by atoms with E-state index in [1.54, 1.807) is 24.3 Å². The number of amides is 1. The smallest absolute Gasteiger partial charge is 0.303 e. The van der Waals surface area contributed by atoms with Gasteiger partial charge in [0.15, 0.2) is 0 Å². The summed E-state index contributed by atoms with van der Waals surface area (Å²) in [5.74, 6) is -1.42. The molecule has 42 heavy (non-hydrogen) atoms. The number of carbonyl (C=O) groups is 2. The van der Waals surface area contributed by atoms with E-state index in [0.29, 0.717) is 43.0 Å². The Balaban J connectivity index is 1.33. The van der Waals surface area contributed by atoms with Crippen molar-refractivity contribution in [1.82, 2.24) is 14.9 Å². The zero-order chi connectivity index (χ0) is 30.5. The Morgan fingerprint density at radius 3 is 2.33 bits per heavy atom. The second-order valence-corrected chi connectivity index (χ2v) is 12.4. The van der Waals surface area contributed by atoms with Gasteiger partial charge in [0.1, 0.15) is 0 Å². The van der Waals surface area contributed by atoms with Crippen molar-refractivity contribution in [2.75, 3.05) is 66.3 Å². The monoisotopic (exact) mass is 645 g/mol. The van der Waals surface area contributed by atoms with Gasteiger partial charge in [-0.2, -0.15) is 0 Å². The number of halogens is 2. The van der Waals surface area contributed by atoms with Crippen LogP contribution in [0, 0.1) is 0 Å². The molecule has 1 heterocycles. The van der Waals surface area contributed by atoms with Gasteiger partial charge in [0.05, 0.1) is 51.0 Å². The Morgan fingerprint density at radius 2 is 1.64 bits per heavy atom. The van der Waals surface area contributed by atoms with Gasteiger partial charge in [-0.3, -0.25) is 9.59 Å². The Morgan fingerprint density at radius 1 is 0.976 bits per heavy atom. The Labute approximate surface area is 256 Å². The second kappa shape index (κ2) is 17.1. The van der Waals surface area contributed by atoms with Gasteiger partial charge in [0.25, 0.3) is 0 Å². The fourth-order valence-electron chi connectivity index (χ4n) is 4.47. The number of benzene rings is 2. The van der Waals surface area contributed by atoms with Crippen LogP contribution in [0.4, 0.5) is 0 Å². The van der Waals surface area contributed by atoms with Gasteiger partial charge < -0.3 is 29.5 Å². The van der Waals surface area contributed by atoms with Crippen LogP contribution in [0.15, 0.2) is 41.3 Å². The maximum atomic E-state index is 13.0. The third-order valence-electron chi connectivity index (χ3n) is 6.48. The predicted molar refractivity (Wildman–Crippen MR) is 159 cm³/mol. The van der Waals surface area contributed by atoms with Crippen LogP contribution in [-0.4, -0.2) is 96.6 Å². The number of likely N-dealkylation sites (N-methyl/N-ethyl adjacent to an activating group) is 1. The highest BCUT2D eigenvalue weighted by Gasteiger charge is 2.28. The van der Waals surface area contributed by atoms with Gasteiger partial charge in [-0.25, -0.2) is 13.1 Å². The summed E-state index contributed by atoms with van der Waals surface area (Å²) in [5, 5.41) is 12.3. The summed E-state index contributed by atoms with van der Waals surface area (Å²) < 4.78 is 44.7. The number of hydrogen-bond acceptors (Lipinski definition) is 8. The van der Waals surface area contributed by atoms with Gasteiger partial charge >= 0.3 is 5.97 Å². The zero-order valence-corrected chi connectivity index (χ0v) is 25.8. The molecule has 3 N–H and O–H groups in total. The zero-order valence-electron chi connectivity index (χ0n) is 23.4. The van der Waals surface area contributed by atoms with Gasteiger partial charge in [-0.1, -0.05) is 35.3 Å². The van der Waals surface area contributed by atoms with E-state index in [4.69, 9.17) is 42.5 Å². The van der Waals surface area contributed by atoms with Crippen molar-refractivity contribution in [3.63, 3.8) is 0 Å². The second-order valence-electron chi connectivity index (χ2n) is 9.76. The fourth-order valence-corrected chi connectivity index (χ4v) is 6.11. The number of carboxylic acids is 1. The summed E-state index contributed by atoms with van der Waals surface area (Å²) in [6.45, 7) is 3.52. The van der Waals surface area contributed by atoms with Crippen LogP contribution >= 0.6 is 23.2 Å². The van der Waals surface area contributed by atoms with E-state index < -0.39 is 16.0 Å². The maximum absolute atomic E-state index is 13.0. The van der Waals surface area contributed by atoms with Gasteiger partial charge in [-0.05, 0) is 48.0 Å². The van der Waals surface area contributed by atoms with E-state index in [0.717, 1.165) is 16.7 Å². The largest absolute Gasteiger partial charge is 0.481 e. The number of rotatable bonds is 18. The van der Waals surface area contributed by atoms with Crippen LogP contribution in [0.3, 0.4) is 0 Å². The van der Waals surface area contributed by atoms with Crippen LogP contribution in [0.5, 0.6) is 0 Å². The first-order valence-corrected chi connectivity index (χ1v) is 15.8. The molecule has 3 rings (SSSR count). The predicted octanol–water partition coefficient (Wildman–Crippen LogP) is 2.88. The standard InChI is InChI=1S/C28H37Cl2N3O8S/c1-33-18-24(23-16-21(29)17-26(30)25(23)19-33)20-3-2-4-22(15-20)42(37,38)32-8-10-40-12-14-41-13-11-39-9-7-31-27(34)5-6-28(35)36/h2-4,15-17,24,32H,5-14,18-19H2,1H3,(H,31,34)(H,35,36). The third-order valence-corrected chi connectivity index (χ3v) is 8.49. The number of nitrogens with zero attached hydrogens (tertiary/aromatic N) is 1. The minimum atomic E-state index is -3.75. The molecule has 14 heteroatoms. The Bertz CT molecular complexity index is 1310. The molecule has 11 nitrogen and oxygen atoms in total. The quantitative estimate of drug-likeness (QED) is 0.208. The van der Waals surface area contributed by atoms with E-state index in [-0.39, 0.29) is 62.5 Å². The molecule has 1 aliphatic rings. The average molecular weight is 647 g/mol. The first-order chi connectivity index (χ1) is 20.1. The minimum Gasteiger partial charge on any atom is -0.481 e. The van der Waals surface area contributed by atoms with Crippen molar-refractivity contribution in [2.24, 2.45) is 0 Å². The number of carbonyl (C=O) groups excluding carboxylic acids is 1. The van der Waals surface area contributed by atoms with Crippen molar-refractivity contribution < 1.29 is 37.3 Å². The highest BCUT2D eigenvalue weighted by Crippen LogP contribution is 2.38. The van der Waals surface area contributed by atoms with Crippen molar-refractivity contribution in [3.8, 4) is 0 Å². The molecule has 0 bridgehead atoms. The topological polar surface area (TPSA) is 144 Å². The highest BCUT2D eigenvalue weighted by atomic mass is 35.5. The number of hydrogen-bond donors (Lipinski definition) is 3. The Hall–Kier alpha value is -2.29. The number of carboxylic acid groups (broad SMARTS) is 1. The van der Waals surface area contributed by atoms with Crippen molar-refractivity contribution >= 4 is 45.1 Å². The maximum Gasteiger partial charge on any atom is 0.303 e. The SMILES string of the molecule is CN1Cc2c(Cl)cc(Cl)cc2C(c2cccc(S(=O)(=O)NCCOCCOCCOCCNC(=O)CCC(=O)O)c2)C1. The Kier molecular flexibility index (Phi) is 13.9. The minimum absolute atomic E-state index is 0.0624. The lowest BCUT2D eigenvalue weighted by molar-refractivity contribution is -0.138. The van der Waals surface area contributed by atoms with E-state index in [9.17, 15) is 18.0 Å². The molecule has 0 aromatic heterocycles. The first-order valence-electron chi connectivity index (χ1n) is 13.5. The molecule has 0 fully saturated rings. The van der Waals surface area contributed by atoms with Gasteiger partial charge in [0.2, 0.25) is 15.9 Å². The summed E-state index contributed by atoms with van der Waals surface area (Å²) in [6, 6.07) is 10.5. The van der Waals surface area contributed by atoms with E-state index in [1.165, 1.54) is 0 Å². The highest BCUT2D eigenvalue weighted by molar-refractivity contribution is 7.89. The van der Waals surface area contributed by atoms with Gasteiger partial charge in [-0.15, -0.1) is 0 Å². The van der Waals surface area contributed by atoms with E-state index in [2.05, 4.69) is 14.9 Å². The molecule has 0 saturated heterocycles. The first kappa shape index (κ1) is 34.2. The van der Waals surface area contributed by atoms with Crippen LogP contribution < -0.4 is 10.0 Å². The average Bonchev–Trinajstić information content (AvgIpc) is 2.94. The molecule has 1 atom stereocenters. The molecule has 1 unspecified atom stereocenters. The molecule has 2 aromatic carbocycles. The van der Waals surface area contributed by atoms with E-state index >= 15 is 0 Å². The summed E-state index contributed by atoms with van der Waals surface area (Å²) in [6.07, 6.45) is -0.267. The number of ether oxygens (including phenoxy) is 3.